The zero-order chi connectivity index (χ0) is 31.3. The smallest absolute Gasteiger partial charge is 0.303 e. The van der Waals surface area contributed by atoms with Crippen LogP contribution < -0.4 is 0 Å². The molecule has 43 heavy (non-hydrogen) atoms. The van der Waals surface area contributed by atoms with Crippen molar-refractivity contribution in [2.75, 3.05) is 12.4 Å². The first-order chi connectivity index (χ1) is 20.4. The summed E-state index contributed by atoms with van der Waals surface area (Å²) in [6, 6.07) is 7.69. The minimum Gasteiger partial charge on any atom is -0.463 e. The molecule has 3 aromatic rings. The molecule has 5 atom stereocenters. The molecule has 0 aliphatic carbocycles. The highest BCUT2D eigenvalue weighted by molar-refractivity contribution is 7.99. The highest BCUT2D eigenvalue weighted by Crippen LogP contribution is 2.39. The Labute approximate surface area is 253 Å². The van der Waals surface area contributed by atoms with Crippen LogP contribution in [-0.4, -0.2) is 69.0 Å². The number of aromatic nitrogens is 3. The van der Waals surface area contributed by atoms with Gasteiger partial charge in [0.05, 0.1) is 6.20 Å². The van der Waals surface area contributed by atoms with Gasteiger partial charge in [-0.1, -0.05) is 28.9 Å². The zero-order valence-electron chi connectivity index (χ0n) is 23.2. The van der Waals surface area contributed by atoms with Gasteiger partial charge in [-0.05, 0) is 42.0 Å². The minimum atomic E-state index is -1.64. The molecule has 0 spiro atoms. The summed E-state index contributed by atoms with van der Waals surface area (Å²) in [5.74, 6) is -6.03. The van der Waals surface area contributed by atoms with E-state index in [2.05, 4.69) is 10.3 Å². The quantitative estimate of drug-likeness (QED) is 0.175. The third-order valence-corrected chi connectivity index (χ3v) is 7.71. The van der Waals surface area contributed by atoms with Crippen molar-refractivity contribution in [2.24, 2.45) is 0 Å². The maximum Gasteiger partial charge on any atom is 0.303 e. The second kappa shape index (κ2) is 14.2. The van der Waals surface area contributed by atoms with Gasteiger partial charge in [0, 0.05) is 31.4 Å². The van der Waals surface area contributed by atoms with Gasteiger partial charge in [-0.2, -0.15) is 0 Å². The number of rotatable bonds is 10. The van der Waals surface area contributed by atoms with Crippen LogP contribution in [0, 0.1) is 17.5 Å². The molecule has 230 valence electrons. The van der Waals surface area contributed by atoms with Crippen LogP contribution in [0.1, 0.15) is 32.4 Å². The van der Waals surface area contributed by atoms with Crippen LogP contribution in [0.3, 0.4) is 0 Å². The fourth-order valence-corrected chi connectivity index (χ4v) is 5.99. The number of thioether (sulfide) groups is 1. The fourth-order valence-electron chi connectivity index (χ4n) is 4.56. The Balaban J connectivity index is 1.72. The second-order valence-corrected chi connectivity index (χ2v) is 11.2. The van der Waals surface area contributed by atoms with Crippen LogP contribution in [0.15, 0.2) is 42.6 Å². The van der Waals surface area contributed by atoms with Crippen molar-refractivity contribution in [1.82, 2.24) is 15.0 Å². The first kappa shape index (κ1) is 32.3. The fraction of sp³-hybridized carbons (Fsp3) is 0.393. The predicted molar refractivity (Wildman–Crippen MR) is 148 cm³/mol. The number of hydrogen-bond acceptors (Lipinski definition) is 10. The number of ether oxygens (including phenoxy) is 4. The summed E-state index contributed by atoms with van der Waals surface area (Å²) in [5.41, 5.74) is -0.0973. The van der Waals surface area contributed by atoms with E-state index in [4.69, 9.17) is 30.5 Å². The molecule has 15 heteroatoms. The zero-order valence-corrected chi connectivity index (χ0v) is 24.7. The Morgan fingerprint density at radius 2 is 1.67 bits per heavy atom. The third kappa shape index (κ3) is 8.27. The van der Waals surface area contributed by atoms with Crippen LogP contribution in [-0.2, 0) is 39.8 Å². The van der Waals surface area contributed by atoms with Gasteiger partial charge in [-0.15, -0.1) is 16.9 Å². The summed E-state index contributed by atoms with van der Waals surface area (Å²) in [4.78, 5) is 36.2. The first-order valence-corrected chi connectivity index (χ1v) is 14.4. The SMILES string of the molecule is CC(=O)OCC1O[C@H](SCCc2cccc(Cl)c2)C(OC(C)=O)[C@@H](n2cc(-c3cc(F)c(F)c(F)c3)nn2)[C@H]1OC(C)=O. The summed E-state index contributed by atoms with van der Waals surface area (Å²) < 4.78 is 65.4. The highest BCUT2D eigenvalue weighted by atomic mass is 35.5. The number of halogens is 4. The number of nitrogens with zero attached hydrogens (tertiary/aromatic N) is 3. The van der Waals surface area contributed by atoms with E-state index in [1.165, 1.54) is 36.5 Å². The van der Waals surface area contributed by atoms with E-state index in [0.29, 0.717) is 17.2 Å². The highest BCUT2D eigenvalue weighted by Gasteiger charge is 2.51. The van der Waals surface area contributed by atoms with Crippen molar-refractivity contribution in [2.45, 2.75) is 57.0 Å². The topological polar surface area (TPSA) is 119 Å². The Morgan fingerprint density at radius 3 is 2.30 bits per heavy atom. The number of benzene rings is 2. The molecule has 2 heterocycles. The summed E-state index contributed by atoms with van der Waals surface area (Å²) >= 11 is 7.39. The van der Waals surface area contributed by atoms with Gasteiger partial charge >= 0.3 is 17.9 Å². The maximum absolute atomic E-state index is 14.0. The van der Waals surface area contributed by atoms with Crippen molar-refractivity contribution < 1.29 is 46.5 Å². The molecule has 0 saturated carbocycles. The van der Waals surface area contributed by atoms with E-state index >= 15 is 0 Å². The van der Waals surface area contributed by atoms with Gasteiger partial charge in [-0.3, -0.25) is 14.4 Å². The van der Waals surface area contributed by atoms with Gasteiger partial charge in [0.2, 0.25) is 0 Å². The predicted octanol–water partition coefficient (Wildman–Crippen LogP) is 4.68. The van der Waals surface area contributed by atoms with E-state index in [-0.39, 0.29) is 17.9 Å². The van der Waals surface area contributed by atoms with E-state index in [0.717, 1.165) is 24.6 Å². The summed E-state index contributed by atoms with van der Waals surface area (Å²) in [7, 11) is 0. The molecule has 1 saturated heterocycles. The molecule has 0 amide bonds. The Bertz CT molecular complexity index is 1470. The van der Waals surface area contributed by atoms with Crippen molar-refractivity contribution >= 4 is 41.3 Å². The summed E-state index contributed by atoms with van der Waals surface area (Å²) in [5, 5.41) is 8.61. The van der Waals surface area contributed by atoms with E-state index in [9.17, 15) is 27.6 Å². The summed E-state index contributed by atoms with van der Waals surface area (Å²) in [6.07, 6.45) is -1.54. The Kier molecular flexibility index (Phi) is 10.7. The van der Waals surface area contributed by atoms with Crippen molar-refractivity contribution in [3.8, 4) is 11.3 Å². The van der Waals surface area contributed by atoms with Gasteiger partial charge < -0.3 is 18.9 Å². The second-order valence-electron chi connectivity index (χ2n) is 9.57. The lowest BCUT2D eigenvalue weighted by Crippen LogP contribution is -2.58. The molecular formula is C28H27ClF3N3O7S. The van der Waals surface area contributed by atoms with Crippen LogP contribution in [0.4, 0.5) is 13.2 Å². The van der Waals surface area contributed by atoms with Crippen LogP contribution >= 0.6 is 23.4 Å². The third-order valence-electron chi connectivity index (χ3n) is 6.33. The molecular weight excluding hydrogens is 615 g/mol. The standard InChI is InChI=1S/C28H27ClF3N3O7S/c1-14(36)39-13-23-26(40-15(2)37)25(35-12-22(33-34-35)18-10-20(30)24(32)21(31)11-18)27(41-16(3)38)28(42-23)43-8-7-17-5-4-6-19(29)9-17/h4-6,9-12,23,25-28H,7-8,13H2,1-3H3/t23?,25-,26-,27?,28+/m0/s1. The lowest BCUT2D eigenvalue weighted by atomic mass is 9.96. The van der Waals surface area contributed by atoms with Crippen molar-refractivity contribution in [1.29, 1.82) is 0 Å². The Hall–Kier alpha value is -3.62. The number of carbonyl (C=O) groups is 3. The minimum absolute atomic E-state index is 0.0471. The normalized spacial score (nSPS) is 21.7. The maximum atomic E-state index is 14.0. The van der Waals surface area contributed by atoms with Crippen molar-refractivity contribution in [3.63, 3.8) is 0 Å². The van der Waals surface area contributed by atoms with E-state index in [1.54, 1.807) is 6.07 Å². The largest absolute Gasteiger partial charge is 0.463 e. The molecule has 10 nitrogen and oxygen atoms in total. The lowest BCUT2D eigenvalue weighted by molar-refractivity contribution is -0.212. The summed E-state index contributed by atoms with van der Waals surface area (Å²) in [6.45, 7) is 3.22. The van der Waals surface area contributed by atoms with Crippen LogP contribution in [0.5, 0.6) is 0 Å². The first-order valence-electron chi connectivity index (χ1n) is 13.0. The molecule has 1 aliphatic heterocycles. The molecule has 0 N–H and O–H groups in total. The number of aryl methyl sites for hydroxylation is 1. The lowest BCUT2D eigenvalue weighted by Gasteiger charge is -2.44. The number of esters is 3. The number of carbonyl (C=O) groups excluding carboxylic acids is 3. The average Bonchev–Trinajstić information content (AvgIpc) is 3.41. The molecule has 2 aromatic carbocycles. The van der Waals surface area contributed by atoms with Crippen LogP contribution in [0.25, 0.3) is 11.3 Å². The Morgan fingerprint density at radius 1 is 1.00 bits per heavy atom. The molecule has 0 radical (unpaired) electrons. The molecule has 1 fully saturated rings. The molecule has 0 bridgehead atoms. The van der Waals surface area contributed by atoms with E-state index < -0.39 is 65.1 Å². The van der Waals surface area contributed by atoms with Gasteiger partial charge in [0.1, 0.15) is 29.9 Å². The van der Waals surface area contributed by atoms with Crippen LogP contribution in [0.2, 0.25) is 5.02 Å². The van der Waals surface area contributed by atoms with Gasteiger partial charge in [0.15, 0.2) is 29.7 Å². The molecule has 2 unspecified atom stereocenters. The molecule has 1 aliphatic rings. The van der Waals surface area contributed by atoms with E-state index in [1.807, 2.05) is 18.2 Å². The monoisotopic (exact) mass is 641 g/mol. The molecule has 1 aromatic heterocycles. The molecule has 4 rings (SSSR count). The van der Waals surface area contributed by atoms with Crippen molar-refractivity contribution in [3.05, 3.63) is 70.6 Å². The number of hydrogen-bond donors (Lipinski definition) is 0. The van der Waals surface area contributed by atoms with Gasteiger partial charge in [0.25, 0.3) is 0 Å². The van der Waals surface area contributed by atoms with Gasteiger partial charge in [-0.25, -0.2) is 17.9 Å². The average molecular weight is 642 g/mol.